The van der Waals surface area contributed by atoms with E-state index < -0.39 is 11.0 Å². The maximum Gasteiger partial charge on any atom is 0.296 e. The number of benzene rings is 2. The van der Waals surface area contributed by atoms with Crippen LogP contribution in [0.3, 0.4) is 0 Å². The van der Waals surface area contributed by atoms with Crippen molar-refractivity contribution < 1.29 is 14.5 Å². The molecule has 9 heteroatoms. The van der Waals surface area contributed by atoms with Crippen molar-refractivity contribution in [3.63, 3.8) is 0 Å². The van der Waals surface area contributed by atoms with Crippen LogP contribution < -0.4 is 5.32 Å². The number of nitro groups is 1. The summed E-state index contributed by atoms with van der Waals surface area (Å²) >= 11 is 1.82. The molecule has 0 heterocycles. The number of aryl methyl sites for hydroxylation is 1. The van der Waals surface area contributed by atoms with E-state index in [1.54, 1.807) is 31.2 Å². The SMILES string of the molecule is CCCCCCCCCCCCCCCCCCSCCC(=O)Nc1cccc2c1CC(N=Nc1ccc(C)cc1[N+](=O)[O-])C2=O. The molecule has 0 radical (unpaired) electrons. The summed E-state index contributed by atoms with van der Waals surface area (Å²) in [6, 6.07) is 9.20. The Morgan fingerprint density at radius 1 is 0.891 bits per heavy atom. The number of nitro benzene ring substituents is 1. The molecule has 1 aliphatic rings. The van der Waals surface area contributed by atoms with Gasteiger partial charge in [0.25, 0.3) is 5.69 Å². The molecule has 0 saturated heterocycles. The lowest BCUT2D eigenvalue weighted by Crippen LogP contribution is -2.14. The summed E-state index contributed by atoms with van der Waals surface area (Å²) in [6.07, 6.45) is 22.6. The lowest BCUT2D eigenvalue weighted by Gasteiger charge is -2.09. The molecule has 1 N–H and O–H groups in total. The van der Waals surface area contributed by atoms with E-state index >= 15 is 0 Å². The number of nitrogens with one attached hydrogen (secondary N) is 1. The predicted octanol–water partition coefficient (Wildman–Crippen LogP) is 11.1. The van der Waals surface area contributed by atoms with Gasteiger partial charge >= 0.3 is 0 Å². The lowest BCUT2D eigenvalue weighted by atomic mass is 10.0. The molecule has 0 bridgehead atoms. The van der Waals surface area contributed by atoms with E-state index in [2.05, 4.69) is 22.5 Å². The van der Waals surface area contributed by atoms with Crippen molar-refractivity contribution in [1.82, 2.24) is 0 Å². The number of azo groups is 1. The fourth-order valence-electron chi connectivity index (χ4n) is 5.94. The van der Waals surface area contributed by atoms with Crippen molar-refractivity contribution in [2.45, 2.75) is 135 Å². The standard InChI is InChI=1S/C37H54N4O4S/c1-3-4-5-6-7-8-9-10-11-12-13-14-15-16-17-18-25-46-26-24-36(42)38-32-21-19-20-30-31(32)28-34(37(30)43)40-39-33-23-22-29(2)27-35(33)41(44)45/h19-23,27,34H,3-18,24-26,28H2,1-2H3,(H,38,42). The molecule has 0 aromatic heterocycles. The molecule has 1 atom stereocenters. The molecule has 0 saturated carbocycles. The molecule has 2 aromatic carbocycles. The van der Waals surface area contributed by atoms with Crippen molar-refractivity contribution in [2.75, 3.05) is 16.8 Å². The Bertz CT molecular complexity index is 1280. The molecule has 252 valence electrons. The number of thioether (sulfide) groups is 1. The van der Waals surface area contributed by atoms with Crippen LogP contribution >= 0.6 is 11.8 Å². The topological polar surface area (TPSA) is 114 Å². The summed E-state index contributed by atoms with van der Waals surface area (Å²) in [4.78, 5) is 36.6. The number of carbonyl (C=O) groups excluding carboxylic acids is 2. The molecular weight excluding hydrogens is 596 g/mol. The highest BCUT2D eigenvalue weighted by Crippen LogP contribution is 2.33. The van der Waals surface area contributed by atoms with Gasteiger partial charge in [-0.05, 0) is 42.4 Å². The van der Waals surface area contributed by atoms with Gasteiger partial charge in [-0.1, -0.05) is 121 Å². The van der Waals surface area contributed by atoms with E-state index in [-0.39, 0.29) is 23.1 Å². The van der Waals surface area contributed by atoms with Crippen molar-refractivity contribution >= 4 is 40.5 Å². The first-order chi connectivity index (χ1) is 22.4. The number of fused-ring (bicyclic) bond motifs is 1. The average Bonchev–Trinajstić information content (AvgIpc) is 3.37. The van der Waals surface area contributed by atoms with E-state index in [9.17, 15) is 19.7 Å². The predicted molar refractivity (Wildman–Crippen MR) is 191 cm³/mol. The van der Waals surface area contributed by atoms with Crippen LogP contribution in [0.4, 0.5) is 17.1 Å². The second-order valence-electron chi connectivity index (χ2n) is 12.6. The zero-order valence-corrected chi connectivity index (χ0v) is 28.9. The van der Waals surface area contributed by atoms with Crippen LogP contribution in [-0.4, -0.2) is 34.2 Å². The first-order valence-corrected chi connectivity index (χ1v) is 18.8. The first-order valence-electron chi connectivity index (χ1n) is 17.6. The van der Waals surface area contributed by atoms with Crippen LogP contribution in [0.1, 0.15) is 138 Å². The number of unbranched alkanes of at least 4 members (excludes halogenated alkanes) is 15. The number of hydrogen-bond donors (Lipinski definition) is 1. The van der Waals surface area contributed by atoms with Gasteiger partial charge in [-0.15, -0.1) is 5.11 Å². The fourth-order valence-corrected chi connectivity index (χ4v) is 6.88. The number of carbonyl (C=O) groups is 2. The number of hydrogen-bond acceptors (Lipinski definition) is 7. The van der Waals surface area contributed by atoms with Crippen LogP contribution in [0.15, 0.2) is 46.6 Å². The minimum absolute atomic E-state index is 0.0688. The minimum atomic E-state index is -0.774. The number of ketones is 1. The Balaban J connectivity index is 1.24. The summed E-state index contributed by atoms with van der Waals surface area (Å²) in [5.41, 5.74) is 2.59. The molecule has 0 aliphatic heterocycles. The van der Waals surface area contributed by atoms with Crippen LogP contribution in [0.5, 0.6) is 0 Å². The van der Waals surface area contributed by atoms with Gasteiger partial charge in [-0.2, -0.15) is 16.9 Å². The highest BCUT2D eigenvalue weighted by molar-refractivity contribution is 7.99. The van der Waals surface area contributed by atoms with E-state index in [1.807, 2.05) is 11.8 Å². The highest BCUT2D eigenvalue weighted by atomic mass is 32.2. The third-order valence-electron chi connectivity index (χ3n) is 8.66. The maximum absolute atomic E-state index is 13.0. The van der Waals surface area contributed by atoms with Gasteiger partial charge in [0.15, 0.2) is 11.5 Å². The summed E-state index contributed by atoms with van der Waals surface area (Å²) < 4.78 is 0. The number of nitrogens with zero attached hydrogens (tertiary/aromatic N) is 3. The molecule has 1 aliphatic carbocycles. The van der Waals surface area contributed by atoms with Gasteiger partial charge in [-0.3, -0.25) is 19.7 Å². The van der Waals surface area contributed by atoms with Gasteiger partial charge in [0.2, 0.25) is 5.91 Å². The first kappa shape index (κ1) is 37.4. The van der Waals surface area contributed by atoms with E-state index in [1.165, 1.54) is 115 Å². The van der Waals surface area contributed by atoms with Crippen molar-refractivity contribution in [3.8, 4) is 0 Å². The smallest absolute Gasteiger partial charge is 0.296 e. The van der Waals surface area contributed by atoms with Gasteiger partial charge < -0.3 is 5.32 Å². The van der Waals surface area contributed by atoms with E-state index in [0.29, 0.717) is 24.1 Å². The largest absolute Gasteiger partial charge is 0.326 e. The van der Waals surface area contributed by atoms with Crippen LogP contribution in [0.25, 0.3) is 0 Å². The maximum atomic E-state index is 13.0. The molecule has 1 unspecified atom stereocenters. The summed E-state index contributed by atoms with van der Waals surface area (Å²) in [7, 11) is 0. The Labute approximate surface area is 280 Å². The summed E-state index contributed by atoms with van der Waals surface area (Å²) in [6.45, 7) is 4.04. The molecule has 0 spiro atoms. The highest BCUT2D eigenvalue weighted by Gasteiger charge is 2.33. The Morgan fingerprint density at radius 2 is 1.50 bits per heavy atom. The molecule has 46 heavy (non-hydrogen) atoms. The molecule has 3 rings (SSSR count). The number of amides is 1. The second kappa shape index (κ2) is 21.7. The van der Waals surface area contributed by atoms with Crippen molar-refractivity contribution in [2.24, 2.45) is 10.2 Å². The zero-order chi connectivity index (χ0) is 33.0. The molecule has 2 aromatic rings. The molecule has 0 fully saturated rings. The van der Waals surface area contributed by atoms with Gasteiger partial charge in [0.05, 0.1) is 4.92 Å². The second-order valence-corrected chi connectivity index (χ2v) is 13.8. The quantitative estimate of drug-likeness (QED) is 0.0525. The number of Topliss-reactive ketones (excluding diaryl/α,β-unsaturated/α-hetero) is 1. The number of rotatable bonds is 24. The Kier molecular flexibility index (Phi) is 17.6. The average molecular weight is 651 g/mol. The van der Waals surface area contributed by atoms with Gasteiger partial charge in [-0.25, -0.2) is 0 Å². The number of anilines is 1. The Hall–Kier alpha value is -3.07. The monoisotopic (exact) mass is 650 g/mol. The normalized spacial score (nSPS) is 14.2. The van der Waals surface area contributed by atoms with E-state index in [0.717, 1.165) is 22.6 Å². The fraction of sp³-hybridized carbons (Fsp3) is 0.622. The van der Waals surface area contributed by atoms with Crippen LogP contribution in [0.2, 0.25) is 0 Å². The lowest BCUT2D eigenvalue weighted by molar-refractivity contribution is -0.384. The van der Waals surface area contributed by atoms with Gasteiger partial charge in [0.1, 0.15) is 6.04 Å². The minimum Gasteiger partial charge on any atom is -0.326 e. The third-order valence-corrected chi connectivity index (χ3v) is 9.73. The summed E-state index contributed by atoms with van der Waals surface area (Å²) in [5.74, 6) is 1.58. The van der Waals surface area contributed by atoms with E-state index in [4.69, 9.17) is 0 Å². The van der Waals surface area contributed by atoms with Crippen molar-refractivity contribution in [3.05, 3.63) is 63.2 Å². The van der Waals surface area contributed by atoms with Crippen molar-refractivity contribution in [1.29, 1.82) is 0 Å². The zero-order valence-electron chi connectivity index (χ0n) is 28.1. The van der Waals surface area contributed by atoms with Crippen LogP contribution in [0, 0.1) is 17.0 Å². The summed E-state index contributed by atoms with van der Waals surface area (Å²) in [5, 5.41) is 22.6. The van der Waals surface area contributed by atoms with Crippen LogP contribution in [-0.2, 0) is 11.2 Å². The Morgan fingerprint density at radius 3 is 2.11 bits per heavy atom. The molecule has 1 amide bonds. The van der Waals surface area contributed by atoms with Gasteiger partial charge in [0, 0.05) is 35.9 Å². The third kappa shape index (κ3) is 13.3. The molecule has 8 nitrogen and oxygen atoms in total. The molecular formula is C37H54N4O4S.